The molecule has 1 aromatic heterocycles. The maximum atomic E-state index is 13.2. The minimum atomic E-state index is 0.0548. The van der Waals surface area contributed by atoms with Crippen LogP contribution >= 0.6 is 0 Å². The second-order valence-corrected chi connectivity index (χ2v) is 11.1. The zero-order chi connectivity index (χ0) is 24.9. The van der Waals surface area contributed by atoms with Crippen LogP contribution in [0.5, 0.6) is 0 Å². The Bertz CT molecular complexity index is 1010. The number of aryl methyl sites for hydroxylation is 1. The fourth-order valence-electron chi connectivity index (χ4n) is 6.06. The standard InChI is InChI=1S/C29H42N6O/c1-20-7-10-25(23-6-5-12-30-19-23)33-27(16-20)34-26-18-24(9-8-21(26)2)32-29(36)22-11-13-31-28(17-22)35-14-3-4-15-35/h5-6,8-9,12,18-20,22,25,27-28,31,33-34H,3-4,7,10-11,13-17H2,1-2H3,(H,32,36). The van der Waals surface area contributed by atoms with Crippen LogP contribution in [0, 0.1) is 18.8 Å². The molecule has 3 aliphatic rings. The summed E-state index contributed by atoms with van der Waals surface area (Å²) in [6, 6.07) is 10.7. The van der Waals surface area contributed by atoms with Gasteiger partial charge in [0, 0.05) is 35.7 Å². The number of nitrogens with one attached hydrogen (secondary N) is 4. The van der Waals surface area contributed by atoms with Crippen molar-refractivity contribution in [1.82, 2.24) is 20.5 Å². The molecule has 5 rings (SSSR count). The van der Waals surface area contributed by atoms with E-state index in [9.17, 15) is 4.79 Å². The summed E-state index contributed by atoms with van der Waals surface area (Å²) in [5, 5.41) is 14.4. The molecule has 7 nitrogen and oxygen atoms in total. The van der Waals surface area contributed by atoms with Gasteiger partial charge in [-0.2, -0.15) is 0 Å². The summed E-state index contributed by atoms with van der Waals surface area (Å²) in [6.07, 6.45) is 12.0. The molecule has 4 N–H and O–H groups in total. The summed E-state index contributed by atoms with van der Waals surface area (Å²) in [6.45, 7) is 7.66. The van der Waals surface area contributed by atoms with Gasteiger partial charge in [0.05, 0.1) is 12.3 Å². The van der Waals surface area contributed by atoms with Gasteiger partial charge in [0.1, 0.15) is 0 Å². The quantitative estimate of drug-likeness (QED) is 0.472. The smallest absolute Gasteiger partial charge is 0.227 e. The van der Waals surface area contributed by atoms with Gasteiger partial charge >= 0.3 is 0 Å². The van der Waals surface area contributed by atoms with Gasteiger partial charge < -0.3 is 16.0 Å². The highest BCUT2D eigenvalue weighted by Gasteiger charge is 2.31. The third-order valence-corrected chi connectivity index (χ3v) is 8.24. The Kier molecular flexibility index (Phi) is 8.19. The molecule has 4 heterocycles. The predicted molar refractivity (Wildman–Crippen MR) is 146 cm³/mol. The van der Waals surface area contributed by atoms with Gasteiger partial charge in [-0.05, 0) is 107 Å². The maximum Gasteiger partial charge on any atom is 0.227 e. The minimum absolute atomic E-state index is 0.0548. The molecule has 7 heteroatoms. The molecule has 194 valence electrons. The number of hydrogen-bond acceptors (Lipinski definition) is 6. The van der Waals surface area contributed by atoms with Crippen LogP contribution in [0.2, 0.25) is 0 Å². The van der Waals surface area contributed by atoms with Crippen molar-refractivity contribution in [3.8, 4) is 0 Å². The summed E-state index contributed by atoms with van der Waals surface area (Å²) in [5.41, 5.74) is 4.37. The first kappa shape index (κ1) is 25.2. The highest BCUT2D eigenvalue weighted by molar-refractivity contribution is 5.93. The number of pyridine rings is 1. The first-order chi connectivity index (χ1) is 17.5. The molecular weight excluding hydrogens is 448 g/mol. The Morgan fingerprint density at radius 3 is 2.78 bits per heavy atom. The number of carbonyl (C=O) groups excluding carboxylic acids is 1. The lowest BCUT2D eigenvalue weighted by Gasteiger charge is -2.35. The van der Waals surface area contributed by atoms with Gasteiger partial charge in [-0.1, -0.05) is 19.1 Å². The van der Waals surface area contributed by atoms with E-state index in [4.69, 9.17) is 0 Å². The number of likely N-dealkylation sites (tertiary alicyclic amines) is 1. The molecule has 0 spiro atoms. The molecule has 0 aliphatic carbocycles. The molecule has 0 saturated carbocycles. The minimum Gasteiger partial charge on any atom is -0.370 e. The Labute approximate surface area is 215 Å². The van der Waals surface area contributed by atoms with Gasteiger partial charge in [-0.25, -0.2) is 0 Å². The second-order valence-electron chi connectivity index (χ2n) is 11.1. The van der Waals surface area contributed by atoms with Crippen molar-refractivity contribution in [2.75, 3.05) is 30.3 Å². The number of piperidine rings is 1. The number of benzene rings is 1. The van der Waals surface area contributed by atoms with E-state index < -0.39 is 0 Å². The van der Waals surface area contributed by atoms with Crippen LogP contribution in [0.3, 0.4) is 0 Å². The number of amides is 1. The topological polar surface area (TPSA) is 81.3 Å². The first-order valence-electron chi connectivity index (χ1n) is 13.9. The molecule has 3 aliphatic heterocycles. The molecule has 1 amide bonds. The third kappa shape index (κ3) is 6.25. The van der Waals surface area contributed by atoms with E-state index in [1.165, 1.54) is 30.4 Å². The van der Waals surface area contributed by atoms with Crippen LogP contribution in [-0.2, 0) is 4.79 Å². The summed E-state index contributed by atoms with van der Waals surface area (Å²) in [7, 11) is 0. The molecule has 3 fully saturated rings. The van der Waals surface area contributed by atoms with E-state index in [1.54, 1.807) is 0 Å². The predicted octanol–water partition coefficient (Wildman–Crippen LogP) is 4.64. The molecule has 0 bridgehead atoms. The van der Waals surface area contributed by atoms with Crippen molar-refractivity contribution in [3.63, 3.8) is 0 Å². The van der Waals surface area contributed by atoms with Gasteiger partial charge in [0.25, 0.3) is 0 Å². The van der Waals surface area contributed by atoms with Gasteiger partial charge in [0.15, 0.2) is 0 Å². The zero-order valence-electron chi connectivity index (χ0n) is 21.8. The summed E-state index contributed by atoms with van der Waals surface area (Å²) in [5.74, 6) is 0.829. The van der Waals surface area contributed by atoms with Crippen LogP contribution in [-0.4, -0.2) is 47.8 Å². The number of hydrogen-bond donors (Lipinski definition) is 4. The lowest BCUT2D eigenvalue weighted by atomic mass is 9.94. The number of rotatable bonds is 6. The molecule has 36 heavy (non-hydrogen) atoms. The van der Waals surface area contributed by atoms with Gasteiger partial charge in [-0.15, -0.1) is 0 Å². The van der Waals surface area contributed by atoms with E-state index in [-0.39, 0.29) is 24.0 Å². The molecule has 2 aromatic rings. The highest BCUT2D eigenvalue weighted by atomic mass is 16.1. The van der Waals surface area contributed by atoms with Gasteiger partial charge in [-0.3, -0.25) is 20.0 Å². The molecule has 5 atom stereocenters. The van der Waals surface area contributed by atoms with E-state index in [0.717, 1.165) is 56.7 Å². The number of aromatic nitrogens is 1. The molecule has 0 radical (unpaired) electrons. The van der Waals surface area contributed by atoms with Crippen LogP contribution in [0.15, 0.2) is 42.7 Å². The number of carbonyl (C=O) groups is 1. The zero-order valence-corrected chi connectivity index (χ0v) is 21.8. The lowest BCUT2D eigenvalue weighted by Crippen LogP contribution is -2.50. The van der Waals surface area contributed by atoms with E-state index >= 15 is 0 Å². The first-order valence-corrected chi connectivity index (χ1v) is 13.9. The SMILES string of the molecule is Cc1ccc(NC(=O)C2CCNC(N3CCCC3)C2)cc1NC1CC(C)CCC(c2cccnc2)N1. The molecule has 1 aromatic carbocycles. The monoisotopic (exact) mass is 490 g/mol. The molecule has 3 saturated heterocycles. The van der Waals surface area contributed by atoms with Crippen molar-refractivity contribution in [2.45, 2.75) is 77.2 Å². The maximum absolute atomic E-state index is 13.2. The normalized spacial score (nSPS) is 29.4. The van der Waals surface area contributed by atoms with E-state index in [0.29, 0.717) is 12.1 Å². The fourth-order valence-corrected chi connectivity index (χ4v) is 6.06. The fraction of sp³-hybridized carbons (Fsp3) is 0.586. The average molecular weight is 491 g/mol. The Hall–Kier alpha value is -2.48. The van der Waals surface area contributed by atoms with Crippen molar-refractivity contribution in [2.24, 2.45) is 11.8 Å². The van der Waals surface area contributed by atoms with E-state index in [2.05, 4.69) is 63.2 Å². The van der Waals surface area contributed by atoms with Crippen LogP contribution in [0.25, 0.3) is 0 Å². The molecule has 5 unspecified atom stereocenters. The van der Waals surface area contributed by atoms with Crippen LogP contribution in [0.1, 0.15) is 69.0 Å². The van der Waals surface area contributed by atoms with E-state index in [1.807, 2.05) is 24.5 Å². The average Bonchev–Trinajstić information content (AvgIpc) is 3.37. The van der Waals surface area contributed by atoms with Crippen LogP contribution < -0.4 is 21.3 Å². The lowest BCUT2D eigenvalue weighted by molar-refractivity contribution is -0.121. The third-order valence-electron chi connectivity index (χ3n) is 8.24. The second kappa shape index (κ2) is 11.7. The Balaban J connectivity index is 1.23. The largest absolute Gasteiger partial charge is 0.370 e. The van der Waals surface area contributed by atoms with Crippen molar-refractivity contribution in [1.29, 1.82) is 0 Å². The van der Waals surface area contributed by atoms with Crippen molar-refractivity contribution < 1.29 is 4.79 Å². The molecular formula is C29H42N6O. The van der Waals surface area contributed by atoms with Crippen molar-refractivity contribution >= 4 is 17.3 Å². The highest BCUT2D eigenvalue weighted by Crippen LogP contribution is 2.30. The van der Waals surface area contributed by atoms with Gasteiger partial charge in [0.2, 0.25) is 5.91 Å². The van der Waals surface area contributed by atoms with Crippen LogP contribution in [0.4, 0.5) is 11.4 Å². The Morgan fingerprint density at radius 2 is 1.97 bits per heavy atom. The summed E-state index contributed by atoms with van der Waals surface area (Å²) < 4.78 is 0. The summed E-state index contributed by atoms with van der Waals surface area (Å²) >= 11 is 0. The van der Waals surface area contributed by atoms with Crippen molar-refractivity contribution in [3.05, 3.63) is 53.9 Å². The number of nitrogens with zero attached hydrogens (tertiary/aromatic N) is 2. The number of anilines is 2. The summed E-state index contributed by atoms with van der Waals surface area (Å²) in [4.78, 5) is 20.0. The Morgan fingerprint density at radius 1 is 1.11 bits per heavy atom.